The van der Waals surface area contributed by atoms with E-state index in [9.17, 15) is 14.4 Å². The quantitative estimate of drug-likeness (QED) is 0.613. The van der Waals surface area contributed by atoms with E-state index in [1.54, 1.807) is 0 Å². The Bertz CT molecular complexity index is 899. The van der Waals surface area contributed by atoms with E-state index in [4.69, 9.17) is 9.47 Å². The Morgan fingerprint density at radius 1 is 1.13 bits per heavy atom. The lowest BCUT2D eigenvalue weighted by atomic mass is 10.1. The monoisotopic (exact) mass is 428 g/mol. The minimum absolute atomic E-state index is 0.188. The number of aromatic nitrogens is 1. The molecule has 7 nitrogen and oxygen atoms in total. The fourth-order valence-electron chi connectivity index (χ4n) is 2.98. The van der Waals surface area contributed by atoms with Crippen LogP contribution in [0.2, 0.25) is 0 Å². The highest BCUT2D eigenvalue weighted by molar-refractivity contribution is 8.15. The van der Waals surface area contributed by atoms with Gasteiger partial charge >= 0.3 is 5.97 Å². The van der Waals surface area contributed by atoms with E-state index in [2.05, 4.69) is 17.2 Å². The fourth-order valence-corrected chi connectivity index (χ4v) is 3.84. The van der Waals surface area contributed by atoms with Crippen molar-refractivity contribution < 1.29 is 23.9 Å². The topological polar surface area (TPSA) is 94.6 Å². The smallest absolute Gasteiger partial charge is 0.302 e. The number of thioether (sulfide) groups is 1. The third-order valence-electron chi connectivity index (χ3n) is 4.72. The van der Waals surface area contributed by atoms with Gasteiger partial charge in [0.25, 0.3) is 5.24 Å². The van der Waals surface area contributed by atoms with Crippen LogP contribution < -0.4 is 10.1 Å². The zero-order valence-corrected chi connectivity index (χ0v) is 17.7. The van der Waals surface area contributed by atoms with Gasteiger partial charge in [0.2, 0.25) is 5.91 Å². The number of nitrogens with one attached hydrogen (secondary N) is 1. The maximum Gasteiger partial charge on any atom is 0.302 e. The van der Waals surface area contributed by atoms with E-state index in [1.165, 1.54) is 6.92 Å². The highest BCUT2D eigenvalue weighted by Gasteiger charge is 2.31. The van der Waals surface area contributed by atoms with Gasteiger partial charge in [-0.2, -0.15) is 0 Å². The lowest BCUT2D eigenvalue weighted by Gasteiger charge is -2.17. The second-order valence-corrected chi connectivity index (χ2v) is 8.16. The summed E-state index contributed by atoms with van der Waals surface area (Å²) in [7, 11) is 0. The number of hydrogen-bond donors (Lipinski definition) is 1. The second kappa shape index (κ2) is 10.2. The molecule has 158 valence electrons. The van der Waals surface area contributed by atoms with Crippen LogP contribution in [0.4, 0.5) is 4.79 Å². The molecule has 2 heterocycles. The SMILES string of the molecule is CCc1ccc(C(COC(C)=O)COc2ccc(CC3SC(=O)NC3=O)cc2)nc1. The van der Waals surface area contributed by atoms with Gasteiger partial charge in [0.15, 0.2) is 0 Å². The Morgan fingerprint density at radius 2 is 1.87 bits per heavy atom. The summed E-state index contributed by atoms with van der Waals surface area (Å²) < 4.78 is 11.1. The molecule has 3 rings (SSSR count). The van der Waals surface area contributed by atoms with Gasteiger partial charge in [0.05, 0.1) is 23.5 Å². The molecule has 1 aliphatic heterocycles. The largest absolute Gasteiger partial charge is 0.493 e. The van der Waals surface area contributed by atoms with Crippen molar-refractivity contribution in [3.63, 3.8) is 0 Å². The number of carbonyl (C=O) groups excluding carboxylic acids is 3. The molecule has 0 saturated carbocycles. The van der Waals surface area contributed by atoms with Crippen LogP contribution in [0.5, 0.6) is 5.75 Å². The summed E-state index contributed by atoms with van der Waals surface area (Å²) in [5, 5.41) is 1.60. The second-order valence-electron chi connectivity index (χ2n) is 6.99. The van der Waals surface area contributed by atoms with E-state index >= 15 is 0 Å². The van der Waals surface area contributed by atoms with E-state index in [0.717, 1.165) is 35.0 Å². The van der Waals surface area contributed by atoms with Gasteiger partial charge in [0.1, 0.15) is 12.4 Å². The summed E-state index contributed by atoms with van der Waals surface area (Å²) in [5.74, 6) is -0.123. The zero-order chi connectivity index (χ0) is 21.5. The summed E-state index contributed by atoms with van der Waals surface area (Å²) in [6.07, 6.45) is 3.21. The molecule has 2 atom stereocenters. The van der Waals surface area contributed by atoms with Crippen molar-refractivity contribution >= 4 is 28.9 Å². The highest BCUT2D eigenvalue weighted by atomic mass is 32.2. The van der Waals surface area contributed by atoms with Crippen molar-refractivity contribution in [3.8, 4) is 5.75 Å². The van der Waals surface area contributed by atoms with Crippen LogP contribution >= 0.6 is 11.8 Å². The van der Waals surface area contributed by atoms with Gasteiger partial charge in [-0.05, 0) is 42.2 Å². The van der Waals surface area contributed by atoms with Gasteiger partial charge in [-0.3, -0.25) is 24.7 Å². The lowest BCUT2D eigenvalue weighted by Crippen LogP contribution is -2.25. The number of amides is 2. The third kappa shape index (κ3) is 6.06. The van der Waals surface area contributed by atoms with Crippen molar-refractivity contribution in [2.24, 2.45) is 0 Å². The van der Waals surface area contributed by atoms with Gasteiger partial charge in [-0.1, -0.05) is 36.9 Å². The number of pyridine rings is 1. The summed E-state index contributed by atoms with van der Waals surface area (Å²) >= 11 is 1.02. The average molecular weight is 429 g/mol. The van der Waals surface area contributed by atoms with Crippen molar-refractivity contribution in [2.75, 3.05) is 13.2 Å². The lowest BCUT2D eigenvalue weighted by molar-refractivity contribution is -0.141. The standard InChI is InChI=1S/C22H24N2O5S/c1-3-15-6-9-19(23-11-15)17(12-28-14(2)25)13-29-18-7-4-16(5-8-18)10-20-21(26)24-22(27)30-20/h4-9,11,17,20H,3,10,12-13H2,1-2H3,(H,24,26,27). The number of ether oxygens (including phenoxy) is 2. The molecular formula is C22H24N2O5S. The first-order valence-corrected chi connectivity index (χ1v) is 10.6. The summed E-state index contributed by atoms with van der Waals surface area (Å²) in [4.78, 5) is 38.7. The molecule has 0 bridgehead atoms. The minimum atomic E-state index is -0.394. The van der Waals surface area contributed by atoms with Gasteiger partial charge < -0.3 is 9.47 Å². The van der Waals surface area contributed by atoms with E-state index in [-0.39, 0.29) is 29.6 Å². The first kappa shape index (κ1) is 21.8. The summed E-state index contributed by atoms with van der Waals surface area (Å²) in [6.45, 7) is 3.94. The Hall–Kier alpha value is -2.87. The van der Waals surface area contributed by atoms with Crippen molar-refractivity contribution in [1.29, 1.82) is 0 Å². The van der Waals surface area contributed by atoms with Crippen LogP contribution in [0.1, 0.15) is 36.6 Å². The molecule has 30 heavy (non-hydrogen) atoms. The molecule has 0 aliphatic carbocycles. The Kier molecular flexibility index (Phi) is 7.46. The molecule has 1 saturated heterocycles. The first-order chi connectivity index (χ1) is 14.4. The van der Waals surface area contributed by atoms with Crippen molar-refractivity contribution in [3.05, 3.63) is 59.4 Å². The minimum Gasteiger partial charge on any atom is -0.493 e. The zero-order valence-electron chi connectivity index (χ0n) is 16.9. The predicted octanol–water partition coefficient (Wildman–Crippen LogP) is 3.26. The summed E-state index contributed by atoms with van der Waals surface area (Å²) in [6, 6.07) is 11.4. The molecule has 1 aromatic carbocycles. The van der Waals surface area contributed by atoms with E-state index in [1.807, 2.05) is 42.6 Å². The Morgan fingerprint density at radius 3 is 2.43 bits per heavy atom. The molecule has 2 aromatic rings. The summed E-state index contributed by atoms with van der Waals surface area (Å²) in [5.41, 5.74) is 2.88. The average Bonchev–Trinajstić information content (AvgIpc) is 3.06. The molecule has 1 fully saturated rings. The van der Waals surface area contributed by atoms with Crippen LogP contribution in [0.3, 0.4) is 0 Å². The molecule has 1 N–H and O–H groups in total. The van der Waals surface area contributed by atoms with E-state index in [0.29, 0.717) is 18.8 Å². The van der Waals surface area contributed by atoms with Gasteiger partial charge in [0, 0.05) is 13.1 Å². The molecule has 8 heteroatoms. The number of hydrogen-bond acceptors (Lipinski definition) is 7. The number of carbonyl (C=O) groups is 3. The van der Waals surface area contributed by atoms with Crippen LogP contribution in [-0.2, 0) is 27.2 Å². The molecule has 1 aromatic heterocycles. The van der Waals surface area contributed by atoms with Crippen LogP contribution in [0.25, 0.3) is 0 Å². The predicted molar refractivity (Wildman–Crippen MR) is 114 cm³/mol. The van der Waals surface area contributed by atoms with Crippen molar-refractivity contribution in [2.45, 2.75) is 37.9 Å². The third-order valence-corrected chi connectivity index (χ3v) is 5.71. The molecule has 1 aliphatic rings. The molecule has 0 spiro atoms. The number of rotatable bonds is 9. The number of benzene rings is 1. The molecule has 0 radical (unpaired) electrons. The van der Waals surface area contributed by atoms with Gasteiger partial charge in [-0.25, -0.2) is 0 Å². The van der Waals surface area contributed by atoms with Crippen molar-refractivity contribution in [1.82, 2.24) is 10.3 Å². The van der Waals surface area contributed by atoms with Crippen LogP contribution in [-0.4, -0.2) is 40.6 Å². The molecular weight excluding hydrogens is 404 g/mol. The maximum absolute atomic E-state index is 11.7. The number of imide groups is 1. The highest BCUT2D eigenvalue weighted by Crippen LogP contribution is 2.24. The molecule has 2 unspecified atom stereocenters. The molecule has 2 amide bonds. The number of esters is 1. The van der Waals surface area contributed by atoms with Crippen LogP contribution in [0, 0.1) is 0 Å². The normalized spacial score (nSPS) is 16.8. The van der Waals surface area contributed by atoms with Crippen LogP contribution in [0.15, 0.2) is 42.6 Å². The number of aryl methyl sites for hydroxylation is 1. The van der Waals surface area contributed by atoms with E-state index < -0.39 is 5.25 Å². The Labute approximate surface area is 179 Å². The first-order valence-electron chi connectivity index (χ1n) is 9.76. The van der Waals surface area contributed by atoms with Gasteiger partial charge in [-0.15, -0.1) is 0 Å². The fraction of sp³-hybridized carbons (Fsp3) is 0.364. The number of nitrogens with zero attached hydrogens (tertiary/aromatic N) is 1. The maximum atomic E-state index is 11.7. The Balaban J connectivity index is 1.60.